The summed E-state index contributed by atoms with van der Waals surface area (Å²) >= 11 is 0. The van der Waals surface area contributed by atoms with Crippen LogP contribution < -0.4 is 5.32 Å². The van der Waals surface area contributed by atoms with Gasteiger partial charge in [-0.05, 0) is 20.9 Å². The molecule has 0 spiro atoms. The van der Waals surface area contributed by atoms with Gasteiger partial charge in [-0.1, -0.05) is 0 Å². The fraction of sp³-hybridized carbons (Fsp3) is 0.786. The van der Waals surface area contributed by atoms with Crippen LogP contribution in [0.2, 0.25) is 0 Å². The fourth-order valence-corrected chi connectivity index (χ4v) is 2.95. The van der Waals surface area contributed by atoms with Crippen molar-refractivity contribution in [1.29, 1.82) is 0 Å². The van der Waals surface area contributed by atoms with Crippen molar-refractivity contribution in [1.82, 2.24) is 24.9 Å². The Morgan fingerprint density at radius 1 is 1.37 bits per heavy atom. The summed E-state index contributed by atoms with van der Waals surface area (Å²) in [5.41, 5.74) is 1.50. The molecule has 108 valence electrons. The molecule has 0 saturated carbocycles. The van der Waals surface area contributed by atoms with Gasteiger partial charge in [0.25, 0.3) is 0 Å². The molecule has 19 heavy (non-hydrogen) atoms. The van der Waals surface area contributed by atoms with Crippen molar-refractivity contribution in [2.75, 3.05) is 39.8 Å². The second-order valence-corrected chi connectivity index (χ2v) is 6.24. The zero-order chi connectivity index (χ0) is 13.9. The van der Waals surface area contributed by atoms with Crippen molar-refractivity contribution in [3.63, 3.8) is 0 Å². The lowest BCUT2D eigenvalue weighted by Gasteiger charge is -2.43. The standard InChI is InChI=1S/C14H27N5/c1-14(2,19-7-5-15-6-8-19)12-17(3)10-13-9-16-18(4)11-13/h9,11,15H,5-8,10,12H2,1-4H3. The van der Waals surface area contributed by atoms with Crippen LogP contribution >= 0.6 is 0 Å². The number of piperazine rings is 1. The first-order chi connectivity index (χ1) is 8.97. The Morgan fingerprint density at radius 2 is 2.05 bits per heavy atom. The maximum atomic E-state index is 4.23. The number of likely N-dealkylation sites (N-methyl/N-ethyl adjacent to an activating group) is 1. The Hall–Kier alpha value is -0.910. The highest BCUT2D eigenvalue weighted by Crippen LogP contribution is 2.17. The molecular formula is C14H27N5. The van der Waals surface area contributed by atoms with E-state index in [1.165, 1.54) is 5.56 Å². The number of aromatic nitrogens is 2. The molecule has 1 N–H and O–H groups in total. The third-order valence-electron chi connectivity index (χ3n) is 3.84. The van der Waals surface area contributed by atoms with Crippen molar-refractivity contribution < 1.29 is 0 Å². The molecular weight excluding hydrogens is 238 g/mol. The van der Waals surface area contributed by atoms with Crippen molar-refractivity contribution in [3.05, 3.63) is 18.0 Å². The summed E-state index contributed by atoms with van der Waals surface area (Å²) in [6.45, 7) is 11.2. The molecule has 0 radical (unpaired) electrons. The van der Waals surface area contributed by atoms with E-state index in [1.807, 2.05) is 17.9 Å². The molecule has 1 aromatic rings. The Kier molecular flexibility index (Phi) is 4.60. The molecule has 1 fully saturated rings. The van der Waals surface area contributed by atoms with Gasteiger partial charge in [-0.15, -0.1) is 0 Å². The van der Waals surface area contributed by atoms with Crippen LogP contribution in [0.25, 0.3) is 0 Å². The lowest BCUT2D eigenvalue weighted by atomic mass is 10.0. The van der Waals surface area contributed by atoms with Crippen LogP contribution in [-0.2, 0) is 13.6 Å². The average Bonchev–Trinajstić information content (AvgIpc) is 2.75. The van der Waals surface area contributed by atoms with Crippen LogP contribution in [0.4, 0.5) is 0 Å². The maximum Gasteiger partial charge on any atom is 0.0534 e. The van der Waals surface area contributed by atoms with E-state index in [9.17, 15) is 0 Å². The van der Waals surface area contributed by atoms with Gasteiger partial charge in [0.2, 0.25) is 0 Å². The minimum atomic E-state index is 0.221. The number of aryl methyl sites for hydroxylation is 1. The molecule has 1 aliphatic rings. The van der Waals surface area contributed by atoms with E-state index in [0.29, 0.717) is 0 Å². The summed E-state index contributed by atoms with van der Waals surface area (Å²) in [5.74, 6) is 0. The smallest absolute Gasteiger partial charge is 0.0534 e. The minimum Gasteiger partial charge on any atom is -0.314 e. The highest BCUT2D eigenvalue weighted by atomic mass is 15.3. The summed E-state index contributed by atoms with van der Waals surface area (Å²) in [7, 11) is 4.16. The summed E-state index contributed by atoms with van der Waals surface area (Å²) < 4.78 is 1.87. The van der Waals surface area contributed by atoms with E-state index >= 15 is 0 Å². The summed E-state index contributed by atoms with van der Waals surface area (Å²) in [6.07, 6.45) is 4.04. The highest BCUT2D eigenvalue weighted by Gasteiger charge is 2.28. The first kappa shape index (κ1) is 14.5. The zero-order valence-electron chi connectivity index (χ0n) is 12.7. The monoisotopic (exact) mass is 265 g/mol. The van der Waals surface area contributed by atoms with E-state index in [2.05, 4.69) is 47.3 Å². The van der Waals surface area contributed by atoms with Gasteiger partial charge < -0.3 is 10.2 Å². The van der Waals surface area contributed by atoms with Gasteiger partial charge in [0, 0.05) is 63.6 Å². The van der Waals surface area contributed by atoms with Crippen LogP contribution in [0.15, 0.2) is 12.4 Å². The molecule has 0 aromatic carbocycles. The zero-order valence-corrected chi connectivity index (χ0v) is 12.7. The fourth-order valence-electron chi connectivity index (χ4n) is 2.95. The predicted octanol–water partition coefficient (Wildman–Crippen LogP) is 0.536. The van der Waals surface area contributed by atoms with Gasteiger partial charge >= 0.3 is 0 Å². The maximum absolute atomic E-state index is 4.23. The SMILES string of the molecule is CN(Cc1cnn(C)c1)CC(C)(C)N1CCNCC1. The van der Waals surface area contributed by atoms with Gasteiger partial charge in [0.15, 0.2) is 0 Å². The molecule has 0 bridgehead atoms. The van der Waals surface area contributed by atoms with Gasteiger partial charge in [-0.3, -0.25) is 9.58 Å². The summed E-state index contributed by atoms with van der Waals surface area (Å²) in [5, 5.41) is 7.64. The van der Waals surface area contributed by atoms with Crippen LogP contribution in [0, 0.1) is 0 Å². The molecule has 0 unspecified atom stereocenters. The molecule has 1 aliphatic heterocycles. The van der Waals surface area contributed by atoms with Gasteiger partial charge in [0.1, 0.15) is 0 Å². The molecule has 2 heterocycles. The van der Waals surface area contributed by atoms with Gasteiger partial charge in [0.05, 0.1) is 6.20 Å². The van der Waals surface area contributed by atoms with Crippen LogP contribution in [0.1, 0.15) is 19.4 Å². The second-order valence-electron chi connectivity index (χ2n) is 6.24. The van der Waals surface area contributed by atoms with Crippen molar-refractivity contribution in [2.45, 2.75) is 25.9 Å². The average molecular weight is 265 g/mol. The predicted molar refractivity (Wildman–Crippen MR) is 78.1 cm³/mol. The molecule has 1 saturated heterocycles. The van der Waals surface area contributed by atoms with E-state index < -0.39 is 0 Å². The molecule has 0 amide bonds. The van der Waals surface area contributed by atoms with E-state index in [0.717, 1.165) is 39.3 Å². The van der Waals surface area contributed by atoms with E-state index in [4.69, 9.17) is 0 Å². The molecule has 5 heteroatoms. The van der Waals surface area contributed by atoms with Crippen molar-refractivity contribution in [3.8, 4) is 0 Å². The van der Waals surface area contributed by atoms with Crippen molar-refractivity contribution in [2.24, 2.45) is 7.05 Å². The third kappa shape index (κ3) is 4.03. The Morgan fingerprint density at radius 3 is 2.63 bits per heavy atom. The van der Waals surface area contributed by atoms with Gasteiger partial charge in [-0.25, -0.2) is 0 Å². The first-order valence-corrected chi connectivity index (χ1v) is 7.09. The number of rotatable bonds is 5. The number of nitrogens with zero attached hydrogens (tertiary/aromatic N) is 4. The number of hydrogen-bond acceptors (Lipinski definition) is 4. The van der Waals surface area contributed by atoms with Crippen LogP contribution in [0.5, 0.6) is 0 Å². The van der Waals surface area contributed by atoms with E-state index in [1.54, 1.807) is 0 Å². The normalized spacial score (nSPS) is 18.2. The first-order valence-electron chi connectivity index (χ1n) is 7.09. The highest BCUT2D eigenvalue weighted by molar-refractivity contribution is 5.03. The lowest BCUT2D eigenvalue weighted by Crippen LogP contribution is -2.57. The Balaban J connectivity index is 1.87. The third-order valence-corrected chi connectivity index (χ3v) is 3.84. The summed E-state index contributed by atoms with van der Waals surface area (Å²) in [6, 6.07) is 0. The molecule has 2 rings (SSSR count). The molecule has 1 aromatic heterocycles. The second kappa shape index (κ2) is 6.03. The number of nitrogens with one attached hydrogen (secondary N) is 1. The molecule has 5 nitrogen and oxygen atoms in total. The molecule has 0 aliphatic carbocycles. The largest absolute Gasteiger partial charge is 0.314 e. The van der Waals surface area contributed by atoms with E-state index in [-0.39, 0.29) is 5.54 Å². The lowest BCUT2D eigenvalue weighted by molar-refractivity contribution is 0.0693. The Labute approximate surface area is 116 Å². The van der Waals surface area contributed by atoms with Crippen LogP contribution in [0.3, 0.4) is 0 Å². The van der Waals surface area contributed by atoms with Crippen molar-refractivity contribution >= 4 is 0 Å². The summed E-state index contributed by atoms with van der Waals surface area (Å²) in [4.78, 5) is 4.97. The topological polar surface area (TPSA) is 36.3 Å². The molecule has 0 atom stereocenters. The number of hydrogen-bond donors (Lipinski definition) is 1. The minimum absolute atomic E-state index is 0.221. The van der Waals surface area contributed by atoms with Crippen LogP contribution in [-0.4, -0.2) is 64.9 Å². The quantitative estimate of drug-likeness (QED) is 0.843. The van der Waals surface area contributed by atoms with Gasteiger partial charge in [-0.2, -0.15) is 5.10 Å². The Bertz CT molecular complexity index is 392.